The molecule has 0 aliphatic heterocycles. The van der Waals surface area contributed by atoms with E-state index >= 15 is 0 Å². The van der Waals surface area contributed by atoms with E-state index in [1.54, 1.807) is 6.92 Å². The molecule has 1 aromatic heterocycles. The molecule has 92 valence electrons. The first-order valence-electron chi connectivity index (χ1n) is 5.06. The van der Waals surface area contributed by atoms with Crippen LogP contribution in [-0.2, 0) is 0 Å². The van der Waals surface area contributed by atoms with Gasteiger partial charge in [0.25, 0.3) is 0 Å². The molecule has 0 aliphatic rings. The number of rotatable bonds is 2. The average molecular weight is 250 g/mol. The Morgan fingerprint density at radius 3 is 2.67 bits per heavy atom. The fraction of sp³-hybridized carbons (Fsp3) is 0.0833. The fourth-order valence-electron chi connectivity index (χ4n) is 1.67. The lowest BCUT2D eigenvalue weighted by Crippen LogP contribution is -1.97. The molecule has 0 atom stereocenters. The molecule has 1 heterocycles. The third-order valence-electron chi connectivity index (χ3n) is 2.48. The van der Waals surface area contributed by atoms with Gasteiger partial charge in [-0.15, -0.1) is 0 Å². The quantitative estimate of drug-likeness (QED) is 0.607. The van der Waals surface area contributed by atoms with Gasteiger partial charge >= 0.3 is 5.69 Å². The Labute approximate surface area is 101 Å². The highest BCUT2D eigenvalue weighted by molar-refractivity contribution is 5.66. The molecule has 0 aliphatic carbocycles. The maximum atomic E-state index is 13.9. The third kappa shape index (κ3) is 2.04. The number of aromatic nitrogens is 1. The SMILES string of the molecule is Cc1cc(F)cnc1-c1cccc([N+](=O)[O-])c1F. The number of hydrogen-bond donors (Lipinski definition) is 0. The van der Waals surface area contributed by atoms with Crippen LogP contribution in [-0.4, -0.2) is 9.91 Å². The van der Waals surface area contributed by atoms with Gasteiger partial charge in [-0.3, -0.25) is 15.1 Å². The second-order valence-corrected chi connectivity index (χ2v) is 3.71. The minimum atomic E-state index is -0.968. The van der Waals surface area contributed by atoms with Crippen molar-refractivity contribution in [3.63, 3.8) is 0 Å². The van der Waals surface area contributed by atoms with Gasteiger partial charge in [0.1, 0.15) is 5.82 Å². The van der Waals surface area contributed by atoms with Crippen molar-refractivity contribution in [1.82, 2.24) is 4.98 Å². The van der Waals surface area contributed by atoms with Gasteiger partial charge in [-0.25, -0.2) is 4.39 Å². The second kappa shape index (κ2) is 4.48. The van der Waals surface area contributed by atoms with E-state index in [0.29, 0.717) is 5.56 Å². The average Bonchev–Trinajstić information content (AvgIpc) is 2.30. The summed E-state index contributed by atoms with van der Waals surface area (Å²) < 4.78 is 26.8. The van der Waals surface area contributed by atoms with Crippen LogP contribution in [0.2, 0.25) is 0 Å². The highest BCUT2D eigenvalue weighted by Gasteiger charge is 2.20. The molecule has 0 saturated heterocycles. The van der Waals surface area contributed by atoms with Crippen molar-refractivity contribution in [1.29, 1.82) is 0 Å². The van der Waals surface area contributed by atoms with E-state index in [2.05, 4.69) is 4.98 Å². The van der Waals surface area contributed by atoms with Crippen molar-refractivity contribution in [2.75, 3.05) is 0 Å². The first kappa shape index (κ1) is 12.1. The van der Waals surface area contributed by atoms with Crippen molar-refractivity contribution >= 4 is 5.69 Å². The zero-order valence-corrected chi connectivity index (χ0v) is 9.35. The third-order valence-corrected chi connectivity index (χ3v) is 2.48. The van der Waals surface area contributed by atoms with Crippen LogP contribution in [0.15, 0.2) is 30.5 Å². The highest BCUT2D eigenvalue weighted by Crippen LogP contribution is 2.29. The molecule has 0 amide bonds. The Kier molecular flexibility index (Phi) is 3.01. The van der Waals surface area contributed by atoms with Crippen molar-refractivity contribution in [2.45, 2.75) is 6.92 Å². The zero-order chi connectivity index (χ0) is 13.3. The number of aryl methyl sites for hydroxylation is 1. The van der Waals surface area contributed by atoms with E-state index in [0.717, 1.165) is 12.3 Å². The van der Waals surface area contributed by atoms with Gasteiger partial charge in [-0.05, 0) is 24.6 Å². The summed E-state index contributed by atoms with van der Waals surface area (Å²) in [6.07, 6.45) is 0.945. The predicted octanol–water partition coefficient (Wildman–Crippen LogP) is 3.24. The van der Waals surface area contributed by atoms with E-state index in [4.69, 9.17) is 0 Å². The van der Waals surface area contributed by atoms with Crippen LogP contribution in [0.3, 0.4) is 0 Å². The summed E-state index contributed by atoms with van der Waals surface area (Å²) in [5, 5.41) is 10.6. The van der Waals surface area contributed by atoms with E-state index < -0.39 is 22.2 Å². The molecule has 0 radical (unpaired) electrons. The molecule has 0 fully saturated rings. The molecule has 6 heteroatoms. The zero-order valence-electron chi connectivity index (χ0n) is 9.35. The molecule has 0 spiro atoms. The van der Waals surface area contributed by atoms with Crippen molar-refractivity contribution < 1.29 is 13.7 Å². The summed E-state index contributed by atoms with van der Waals surface area (Å²) >= 11 is 0. The molecule has 2 rings (SSSR count). The number of halogens is 2. The number of nitro groups is 1. The number of hydrogen-bond acceptors (Lipinski definition) is 3. The summed E-state index contributed by atoms with van der Waals surface area (Å²) in [5.41, 5.74) is -0.0354. The summed E-state index contributed by atoms with van der Waals surface area (Å²) in [6, 6.07) is 4.99. The van der Waals surface area contributed by atoms with Crippen molar-refractivity contribution in [2.24, 2.45) is 0 Å². The molecule has 18 heavy (non-hydrogen) atoms. The summed E-state index contributed by atoms with van der Waals surface area (Å²) in [6.45, 7) is 1.56. The molecule has 0 unspecified atom stereocenters. The monoisotopic (exact) mass is 250 g/mol. The normalized spacial score (nSPS) is 10.4. The van der Waals surface area contributed by atoms with Gasteiger partial charge in [-0.2, -0.15) is 4.39 Å². The lowest BCUT2D eigenvalue weighted by Gasteiger charge is -2.06. The number of benzene rings is 1. The summed E-state index contributed by atoms with van der Waals surface area (Å²) in [4.78, 5) is 13.6. The van der Waals surface area contributed by atoms with E-state index in [1.165, 1.54) is 18.2 Å². The largest absolute Gasteiger partial charge is 0.305 e. The molecule has 0 saturated carbocycles. The first-order chi connectivity index (χ1) is 8.50. The molecular weight excluding hydrogens is 242 g/mol. The molecule has 4 nitrogen and oxygen atoms in total. The molecule has 1 aromatic carbocycles. The standard InChI is InChI=1S/C12H8F2N2O2/c1-7-5-8(13)6-15-12(7)9-3-2-4-10(11(9)14)16(17)18/h2-6H,1H3. The number of nitrogens with zero attached hydrogens (tertiary/aromatic N) is 2. The lowest BCUT2D eigenvalue weighted by molar-refractivity contribution is -0.387. The Morgan fingerprint density at radius 1 is 1.33 bits per heavy atom. The lowest BCUT2D eigenvalue weighted by atomic mass is 10.1. The molecular formula is C12H8F2N2O2. The van der Waals surface area contributed by atoms with Crippen LogP contribution in [0.25, 0.3) is 11.3 Å². The van der Waals surface area contributed by atoms with Crippen LogP contribution < -0.4 is 0 Å². The Morgan fingerprint density at radius 2 is 2.06 bits per heavy atom. The maximum absolute atomic E-state index is 13.9. The number of pyridine rings is 1. The van der Waals surface area contributed by atoms with Crippen LogP contribution in [0.1, 0.15) is 5.56 Å². The fourth-order valence-corrected chi connectivity index (χ4v) is 1.67. The Hall–Kier alpha value is -2.37. The van der Waals surface area contributed by atoms with Gasteiger partial charge < -0.3 is 0 Å². The van der Waals surface area contributed by atoms with Crippen LogP contribution in [0.5, 0.6) is 0 Å². The maximum Gasteiger partial charge on any atom is 0.305 e. The van der Waals surface area contributed by atoms with Gasteiger partial charge in [0.15, 0.2) is 0 Å². The minimum absolute atomic E-state index is 0.0123. The van der Waals surface area contributed by atoms with Crippen LogP contribution >= 0.6 is 0 Å². The van der Waals surface area contributed by atoms with Crippen LogP contribution in [0.4, 0.5) is 14.5 Å². The molecule has 2 aromatic rings. The topological polar surface area (TPSA) is 56.0 Å². The van der Waals surface area contributed by atoms with Gasteiger partial charge in [0, 0.05) is 11.6 Å². The van der Waals surface area contributed by atoms with Gasteiger partial charge in [0.05, 0.1) is 16.8 Å². The van der Waals surface area contributed by atoms with Crippen LogP contribution in [0, 0.1) is 28.7 Å². The second-order valence-electron chi connectivity index (χ2n) is 3.71. The number of nitro benzene ring substituents is 1. The van der Waals surface area contributed by atoms with Gasteiger partial charge in [-0.1, -0.05) is 6.07 Å². The first-order valence-corrected chi connectivity index (χ1v) is 5.06. The Bertz CT molecular complexity index is 629. The van der Waals surface area contributed by atoms with E-state index in [9.17, 15) is 18.9 Å². The Balaban J connectivity index is 2.64. The minimum Gasteiger partial charge on any atom is -0.258 e. The highest BCUT2D eigenvalue weighted by atomic mass is 19.1. The van der Waals surface area contributed by atoms with Crippen molar-refractivity contribution in [3.05, 3.63) is 57.8 Å². The van der Waals surface area contributed by atoms with Gasteiger partial charge in [0.2, 0.25) is 5.82 Å². The van der Waals surface area contributed by atoms with Crippen molar-refractivity contribution in [3.8, 4) is 11.3 Å². The van der Waals surface area contributed by atoms with E-state index in [-0.39, 0.29) is 11.3 Å². The molecule has 0 N–H and O–H groups in total. The molecule has 0 bridgehead atoms. The van der Waals surface area contributed by atoms with E-state index in [1.807, 2.05) is 0 Å². The summed E-state index contributed by atoms with van der Waals surface area (Å²) in [5.74, 6) is -1.51. The smallest absolute Gasteiger partial charge is 0.258 e. The summed E-state index contributed by atoms with van der Waals surface area (Å²) in [7, 11) is 0. The predicted molar refractivity (Wildman–Crippen MR) is 61.0 cm³/mol.